The molecule has 2 aliphatic heterocycles. The Morgan fingerprint density at radius 2 is 1.77 bits per heavy atom. The number of likely N-dealkylation sites (N-methyl/N-ethyl adjacent to an activating group) is 1. The Balaban J connectivity index is 1.29. The second kappa shape index (κ2) is 11.1. The van der Waals surface area contributed by atoms with Gasteiger partial charge in [0.2, 0.25) is 5.91 Å². The summed E-state index contributed by atoms with van der Waals surface area (Å²) < 4.78 is 1.52. The molecule has 3 aliphatic rings. The SMILES string of the molecule is CCCN1CCN(CCCNC(=O)c2cc3n(n2)CC(C)(C(=O)NC2CCCC2)N(C)C3=O)CC1. The predicted molar refractivity (Wildman–Crippen MR) is 133 cm³/mol. The fourth-order valence-electron chi connectivity index (χ4n) is 5.40. The molecule has 1 aromatic rings. The summed E-state index contributed by atoms with van der Waals surface area (Å²) in [5.74, 6) is -0.746. The van der Waals surface area contributed by atoms with E-state index in [-0.39, 0.29) is 36.0 Å². The Bertz CT molecular complexity index is 918. The number of piperazine rings is 1. The van der Waals surface area contributed by atoms with Crippen molar-refractivity contribution in [1.82, 2.24) is 35.1 Å². The maximum atomic E-state index is 13.1. The third-order valence-electron chi connectivity index (χ3n) is 7.86. The lowest BCUT2D eigenvalue weighted by Crippen LogP contribution is -2.63. The Kier molecular flexibility index (Phi) is 8.11. The summed E-state index contributed by atoms with van der Waals surface area (Å²) in [5, 5.41) is 10.4. The van der Waals surface area contributed by atoms with E-state index in [2.05, 4.69) is 32.5 Å². The summed E-state index contributed by atoms with van der Waals surface area (Å²) in [5.41, 5.74) is -0.489. The lowest BCUT2D eigenvalue weighted by Gasteiger charge is -2.41. The van der Waals surface area contributed by atoms with Crippen LogP contribution < -0.4 is 10.6 Å². The summed E-state index contributed by atoms with van der Waals surface area (Å²) in [6.45, 7) is 11.3. The van der Waals surface area contributed by atoms with Crippen LogP contribution in [0.3, 0.4) is 0 Å². The van der Waals surface area contributed by atoms with Gasteiger partial charge in [0.05, 0.1) is 6.54 Å². The largest absolute Gasteiger partial charge is 0.351 e. The summed E-state index contributed by atoms with van der Waals surface area (Å²) in [4.78, 5) is 45.3. The van der Waals surface area contributed by atoms with E-state index in [0.29, 0.717) is 12.2 Å². The van der Waals surface area contributed by atoms with Gasteiger partial charge in [0.25, 0.3) is 11.8 Å². The van der Waals surface area contributed by atoms with Gasteiger partial charge in [-0.3, -0.25) is 19.1 Å². The molecule has 2 N–H and O–H groups in total. The molecule has 0 bridgehead atoms. The van der Waals surface area contributed by atoms with Crippen LogP contribution in [0.2, 0.25) is 0 Å². The van der Waals surface area contributed by atoms with Crippen molar-refractivity contribution in [2.75, 3.05) is 52.9 Å². The van der Waals surface area contributed by atoms with E-state index >= 15 is 0 Å². The second-order valence-corrected chi connectivity index (χ2v) is 10.5. The number of hydrogen-bond donors (Lipinski definition) is 2. The molecule has 35 heavy (non-hydrogen) atoms. The van der Waals surface area contributed by atoms with E-state index in [0.717, 1.165) is 64.8 Å². The molecule has 1 saturated carbocycles. The first kappa shape index (κ1) is 25.6. The third-order valence-corrected chi connectivity index (χ3v) is 7.86. The smallest absolute Gasteiger partial charge is 0.272 e. The number of nitrogens with one attached hydrogen (secondary N) is 2. The van der Waals surface area contributed by atoms with Crippen LogP contribution in [0, 0.1) is 0 Å². The summed E-state index contributed by atoms with van der Waals surface area (Å²) >= 11 is 0. The van der Waals surface area contributed by atoms with Gasteiger partial charge in [-0.25, -0.2) is 0 Å². The van der Waals surface area contributed by atoms with E-state index in [4.69, 9.17) is 0 Å². The molecule has 0 radical (unpaired) electrons. The second-order valence-electron chi connectivity index (χ2n) is 10.5. The molecule has 10 nitrogen and oxygen atoms in total. The van der Waals surface area contributed by atoms with E-state index in [1.54, 1.807) is 14.0 Å². The standard InChI is InChI=1S/C25H41N7O3/c1-4-11-30-13-15-31(16-14-30)12-7-10-26-22(33)20-17-21-23(34)29(3)25(2,18-32(21)28-20)24(35)27-19-8-5-6-9-19/h17,19H,4-16,18H2,1-3H3,(H,26,33)(H,27,35). The number of hydrogen-bond acceptors (Lipinski definition) is 6. The first-order chi connectivity index (χ1) is 16.8. The third kappa shape index (κ3) is 5.69. The van der Waals surface area contributed by atoms with Crippen molar-refractivity contribution < 1.29 is 14.4 Å². The molecule has 3 heterocycles. The van der Waals surface area contributed by atoms with Gasteiger partial charge in [-0.05, 0) is 45.7 Å². The molecule has 3 amide bonds. The summed E-state index contributed by atoms with van der Waals surface area (Å²) in [6, 6.07) is 1.71. The summed E-state index contributed by atoms with van der Waals surface area (Å²) in [6.07, 6.45) is 6.26. The van der Waals surface area contributed by atoms with Gasteiger partial charge in [-0.2, -0.15) is 5.10 Å². The molecule has 194 valence electrons. The van der Waals surface area contributed by atoms with E-state index < -0.39 is 5.54 Å². The monoisotopic (exact) mass is 487 g/mol. The quantitative estimate of drug-likeness (QED) is 0.503. The van der Waals surface area contributed by atoms with Crippen molar-refractivity contribution in [1.29, 1.82) is 0 Å². The highest BCUT2D eigenvalue weighted by Crippen LogP contribution is 2.27. The molecule has 1 unspecified atom stereocenters. The molecule has 0 spiro atoms. The lowest BCUT2D eigenvalue weighted by molar-refractivity contribution is -0.133. The van der Waals surface area contributed by atoms with Gasteiger partial charge >= 0.3 is 0 Å². The molecule has 2 fully saturated rings. The Morgan fingerprint density at radius 1 is 1.11 bits per heavy atom. The van der Waals surface area contributed by atoms with Crippen LogP contribution in [0.25, 0.3) is 0 Å². The molecule has 1 aliphatic carbocycles. The maximum Gasteiger partial charge on any atom is 0.272 e. The molecule has 1 aromatic heterocycles. The van der Waals surface area contributed by atoms with Gasteiger partial charge in [-0.15, -0.1) is 0 Å². The molecular weight excluding hydrogens is 446 g/mol. The highest BCUT2D eigenvalue weighted by Gasteiger charge is 2.46. The highest BCUT2D eigenvalue weighted by molar-refractivity contribution is 6.01. The number of nitrogens with zero attached hydrogens (tertiary/aromatic N) is 5. The number of carbonyl (C=O) groups excluding carboxylic acids is 3. The van der Waals surface area contributed by atoms with Crippen molar-refractivity contribution in [3.8, 4) is 0 Å². The Morgan fingerprint density at radius 3 is 2.43 bits per heavy atom. The summed E-state index contributed by atoms with van der Waals surface area (Å²) in [7, 11) is 1.65. The van der Waals surface area contributed by atoms with Crippen molar-refractivity contribution in [2.45, 2.75) is 70.5 Å². The molecule has 0 aromatic carbocycles. The van der Waals surface area contributed by atoms with Gasteiger partial charge in [0.1, 0.15) is 11.2 Å². The first-order valence-corrected chi connectivity index (χ1v) is 13.2. The van der Waals surface area contributed by atoms with Gasteiger partial charge in [0.15, 0.2) is 5.69 Å². The maximum absolute atomic E-state index is 13.1. The molecule has 1 atom stereocenters. The van der Waals surface area contributed by atoms with Crippen LogP contribution >= 0.6 is 0 Å². The minimum Gasteiger partial charge on any atom is -0.351 e. The number of rotatable bonds is 9. The van der Waals surface area contributed by atoms with E-state index in [1.165, 1.54) is 28.6 Å². The Labute approximate surface area is 208 Å². The average molecular weight is 488 g/mol. The Hall–Kier alpha value is -2.46. The minimum atomic E-state index is -1.05. The molecular formula is C25H41N7O3. The van der Waals surface area contributed by atoms with Gasteiger partial charge in [-0.1, -0.05) is 19.8 Å². The topological polar surface area (TPSA) is 103 Å². The van der Waals surface area contributed by atoms with Crippen molar-refractivity contribution in [2.24, 2.45) is 0 Å². The van der Waals surface area contributed by atoms with Crippen LogP contribution in [0.4, 0.5) is 0 Å². The normalized spacial score (nSPS) is 24.0. The number of amides is 3. The van der Waals surface area contributed by atoms with Crippen LogP contribution in [0.5, 0.6) is 0 Å². The van der Waals surface area contributed by atoms with E-state index in [9.17, 15) is 14.4 Å². The fourth-order valence-corrected chi connectivity index (χ4v) is 5.40. The zero-order valence-corrected chi connectivity index (χ0v) is 21.5. The predicted octanol–water partition coefficient (Wildman–Crippen LogP) is 0.934. The van der Waals surface area contributed by atoms with Gasteiger partial charge < -0.3 is 25.3 Å². The van der Waals surface area contributed by atoms with Crippen LogP contribution in [0.1, 0.15) is 73.3 Å². The van der Waals surface area contributed by atoms with Crippen LogP contribution in [-0.2, 0) is 11.3 Å². The van der Waals surface area contributed by atoms with Crippen LogP contribution in [0.15, 0.2) is 6.07 Å². The van der Waals surface area contributed by atoms with Crippen molar-refractivity contribution >= 4 is 17.7 Å². The minimum absolute atomic E-state index is 0.164. The molecule has 10 heteroatoms. The van der Waals surface area contributed by atoms with Crippen LogP contribution in [-0.4, -0.2) is 107 Å². The van der Waals surface area contributed by atoms with Crippen molar-refractivity contribution in [3.05, 3.63) is 17.5 Å². The first-order valence-electron chi connectivity index (χ1n) is 13.2. The lowest BCUT2D eigenvalue weighted by atomic mass is 9.95. The molecule has 4 rings (SSSR count). The average Bonchev–Trinajstić information content (AvgIpc) is 3.51. The van der Waals surface area contributed by atoms with Crippen molar-refractivity contribution in [3.63, 3.8) is 0 Å². The zero-order chi connectivity index (χ0) is 25.0. The zero-order valence-electron chi connectivity index (χ0n) is 21.5. The fraction of sp³-hybridized carbons (Fsp3) is 0.760. The van der Waals surface area contributed by atoms with Gasteiger partial charge in [0, 0.05) is 51.9 Å². The highest BCUT2D eigenvalue weighted by atomic mass is 16.2. The number of carbonyl (C=O) groups is 3. The molecule has 1 saturated heterocycles. The van der Waals surface area contributed by atoms with E-state index in [1.807, 2.05) is 0 Å². The number of fused-ring (bicyclic) bond motifs is 1. The number of aromatic nitrogens is 2.